The number of carbonyl (C=O) groups is 2. The number of ether oxygens (including phenoxy) is 1. The van der Waals surface area contributed by atoms with Crippen LogP contribution < -0.4 is 5.32 Å². The first-order valence-corrected chi connectivity index (χ1v) is 11.6. The van der Waals surface area contributed by atoms with E-state index in [2.05, 4.69) is 29.1 Å². The lowest BCUT2D eigenvalue weighted by Crippen LogP contribution is -2.55. The molecule has 2 unspecified atom stereocenters. The highest BCUT2D eigenvalue weighted by Crippen LogP contribution is 2.16. The van der Waals surface area contributed by atoms with Crippen LogP contribution in [0, 0.1) is 5.92 Å². The molecule has 0 aromatic carbocycles. The summed E-state index contributed by atoms with van der Waals surface area (Å²) in [6.45, 7) is 8.88. The molecule has 0 radical (unpaired) electrons. The van der Waals surface area contributed by atoms with E-state index in [4.69, 9.17) is 4.74 Å². The standard InChI is InChI=1S/C22H41N5O3.HI/c1-5-7-9-18(6-2)16-23-22(24-17-20(28)25(3)4)27-13-11-26(12-14-27)21(29)19-10-8-15-30-19;/h18-19H,5-17H2,1-4H3,(H,23,24);1H. The van der Waals surface area contributed by atoms with Crippen molar-refractivity contribution in [1.82, 2.24) is 20.0 Å². The molecule has 0 aromatic heterocycles. The maximum absolute atomic E-state index is 12.6. The van der Waals surface area contributed by atoms with Gasteiger partial charge in [-0.15, -0.1) is 24.0 Å². The number of halogens is 1. The van der Waals surface area contributed by atoms with Crippen molar-refractivity contribution in [2.24, 2.45) is 10.9 Å². The summed E-state index contributed by atoms with van der Waals surface area (Å²) in [5.41, 5.74) is 0. The lowest BCUT2D eigenvalue weighted by Gasteiger charge is -2.37. The Bertz CT molecular complexity index is 573. The number of amides is 2. The first-order valence-electron chi connectivity index (χ1n) is 11.6. The number of carbonyl (C=O) groups excluding carboxylic acids is 2. The van der Waals surface area contributed by atoms with Gasteiger partial charge < -0.3 is 24.8 Å². The fraction of sp³-hybridized carbons (Fsp3) is 0.864. The van der Waals surface area contributed by atoms with Gasteiger partial charge in [0.25, 0.3) is 5.91 Å². The first kappa shape index (κ1) is 27.9. The third-order valence-corrected chi connectivity index (χ3v) is 6.05. The zero-order valence-corrected chi connectivity index (χ0v) is 22.1. The summed E-state index contributed by atoms with van der Waals surface area (Å²) >= 11 is 0. The molecular weight excluding hydrogens is 509 g/mol. The van der Waals surface area contributed by atoms with Crippen LogP contribution in [0.3, 0.4) is 0 Å². The molecule has 9 heteroatoms. The van der Waals surface area contributed by atoms with Gasteiger partial charge in [-0.3, -0.25) is 9.59 Å². The van der Waals surface area contributed by atoms with Crippen LogP contribution >= 0.6 is 24.0 Å². The van der Waals surface area contributed by atoms with Crippen molar-refractivity contribution in [1.29, 1.82) is 0 Å². The predicted molar refractivity (Wildman–Crippen MR) is 135 cm³/mol. The number of nitrogens with one attached hydrogen (secondary N) is 1. The van der Waals surface area contributed by atoms with Crippen LogP contribution in [0.15, 0.2) is 4.99 Å². The second-order valence-electron chi connectivity index (χ2n) is 8.54. The second-order valence-corrected chi connectivity index (χ2v) is 8.54. The van der Waals surface area contributed by atoms with Crippen LogP contribution in [0.1, 0.15) is 52.4 Å². The van der Waals surface area contributed by atoms with Gasteiger partial charge in [0, 0.05) is 53.4 Å². The zero-order chi connectivity index (χ0) is 21.9. The number of hydrogen-bond donors (Lipinski definition) is 1. The van der Waals surface area contributed by atoms with Crippen molar-refractivity contribution in [2.45, 2.75) is 58.5 Å². The van der Waals surface area contributed by atoms with E-state index in [1.807, 2.05) is 4.90 Å². The summed E-state index contributed by atoms with van der Waals surface area (Å²) < 4.78 is 5.56. The number of likely N-dealkylation sites (N-methyl/N-ethyl adjacent to an activating group) is 1. The van der Waals surface area contributed by atoms with Crippen molar-refractivity contribution in [3.05, 3.63) is 0 Å². The minimum atomic E-state index is -0.260. The second kappa shape index (κ2) is 14.9. The molecule has 2 amide bonds. The van der Waals surface area contributed by atoms with Crippen molar-refractivity contribution >= 4 is 41.8 Å². The van der Waals surface area contributed by atoms with Crippen molar-refractivity contribution in [3.63, 3.8) is 0 Å². The van der Waals surface area contributed by atoms with E-state index in [0.717, 1.165) is 31.8 Å². The van der Waals surface area contributed by atoms with Crippen LogP contribution in [0.25, 0.3) is 0 Å². The van der Waals surface area contributed by atoms with Gasteiger partial charge in [0.2, 0.25) is 5.91 Å². The molecule has 0 aliphatic carbocycles. The molecule has 2 rings (SSSR count). The van der Waals surface area contributed by atoms with Gasteiger partial charge in [0.05, 0.1) is 0 Å². The highest BCUT2D eigenvalue weighted by atomic mass is 127. The summed E-state index contributed by atoms with van der Waals surface area (Å²) in [6.07, 6.45) is 6.30. The Labute approximate surface area is 205 Å². The van der Waals surface area contributed by atoms with Gasteiger partial charge in [-0.25, -0.2) is 4.99 Å². The fourth-order valence-corrected chi connectivity index (χ4v) is 3.85. The Kier molecular flexibility index (Phi) is 13.4. The van der Waals surface area contributed by atoms with E-state index in [1.165, 1.54) is 19.3 Å². The molecule has 0 bridgehead atoms. The highest BCUT2D eigenvalue weighted by molar-refractivity contribution is 14.0. The molecule has 0 aromatic rings. The van der Waals surface area contributed by atoms with Crippen LogP contribution in [0.4, 0.5) is 0 Å². The molecule has 0 spiro atoms. The first-order chi connectivity index (χ1) is 14.5. The Hall–Kier alpha value is -1.10. The minimum Gasteiger partial charge on any atom is -0.368 e. The molecular formula is C22H42IN5O3. The lowest BCUT2D eigenvalue weighted by molar-refractivity contribution is -0.142. The average molecular weight is 552 g/mol. The summed E-state index contributed by atoms with van der Waals surface area (Å²) in [6, 6.07) is 0. The largest absolute Gasteiger partial charge is 0.368 e. The molecule has 2 heterocycles. The number of aliphatic imine (C=N–C) groups is 1. The normalized spacial score (nSPS) is 20.3. The number of hydrogen-bond acceptors (Lipinski definition) is 4. The molecule has 8 nitrogen and oxygen atoms in total. The maximum atomic E-state index is 12.6. The number of unbranched alkanes of at least 4 members (excludes halogenated alkanes) is 1. The zero-order valence-electron chi connectivity index (χ0n) is 19.8. The number of guanidine groups is 1. The van der Waals surface area contributed by atoms with E-state index >= 15 is 0 Å². The Morgan fingerprint density at radius 2 is 1.84 bits per heavy atom. The molecule has 2 aliphatic heterocycles. The minimum absolute atomic E-state index is 0. The summed E-state index contributed by atoms with van der Waals surface area (Å²) in [5, 5.41) is 3.52. The Balaban J connectivity index is 0.00000480. The van der Waals surface area contributed by atoms with Gasteiger partial charge in [0.15, 0.2) is 5.96 Å². The van der Waals surface area contributed by atoms with E-state index in [1.54, 1.807) is 19.0 Å². The van der Waals surface area contributed by atoms with Crippen LogP contribution in [-0.2, 0) is 14.3 Å². The van der Waals surface area contributed by atoms with Gasteiger partial charge in [0.1, 0.15) is 12.6 Å². The van der Waals surface area contributed by atoms with Crippen molar-refractivity contribution < 1.29 is 14.3 Å². The van der Waals surface area contributed by atoms with E-state index < -0.39 is 0 Å². The van der Waals surface area contributed by atoms with E-state index in [0.29, 0.717) is 38.7 Å². The molecule has 2 aliphatic rings. The van der Waals surface area contributed by atoms with Crippen molar-refractivity contribution in [2.75, 3.05) is 60.0 Å². The lowest BCUT2D eigenvalue weighted by atomic mass is 9.99. The van der Waals surface area contributed by atoms with Gasteiger partial charge in [-0.1, -0.05) is 33.1 Å². The molecule has 31 heavy (non-hydrogen) atoms. The maximum Gasteiger partial charge on any atom is 0.251 e. The predicted octanol–water partition coefficient (Wildman–Crippen LogP) is 2.18. The highest BCUT2D eigenvalue weighted by Gasteiger charge is 2.31. The van der Waals surface area contributed by atoms with Gasteiger partial charge in [-0.05, 0) is 25.2 Å². The molecule has 180 valence electrons. The Morgan fingerprint density at radius 3 is 2.39 bits per heavy atom. The SMILES string of the molecule is CCCCC(CC)CNC(=NCC(=O)N(C)C)N1CCN(C(=O)C2CCCO2)CC1.I. The molecule has 2 atom stereocenters. The van der Waals surface area contributed by atoms with Crippen LogP contribution in [-0.4, -0.2) is 98.5 Å². The number of piperazine rings is 1. The summed E-state index contributed by atoms with van der Waals surface area (Å²) in [4.78, 5) is 34.9. The average Bonchev–Trinajstić information content (AvgIpc) is 3.30. The smallest absolute Gasteiger partial charge is 0.251 e. The molecule has 2 saturated heterocycles. The third kappa shape index (κ3) is 9.11. The third-order valence-electron chi connectivity index (χ3n) is 6.05. The number of rotatable bonds is 9. The number of nitrogens with zero attached hydrogens (tertiary/aromatic N) is 4. The molecule has 1 N–H and O–H groups in total. The van der Waals surface area contributed by atoms with Gasteiger partial charge >= 0.3 is 0 Å². The van der Waals surface area contributed by atoms with Crippen LogP contribution in [0.2, 0.25) is 0 Å². The quantitative estimate of drug-likeness (QED) is 0.270. The summed E-state index contributed by atoms with van der Waals surface area (Å²) in [7, 11) is 3.50. The van der Waals surface area contributed by atoms with Gasteiger partial charge in [-0.2, -0.15) is 0 Å². The van der Waals surface area contributed by atoms with Crippen molar-refractivity contribution in [3.8, 4) is 0 Å². The monoisotopic (exact) mass is 551 g/mol. The van der Waals surface area contributed by atoms with E-state index in [-0.39, 0.29) is 48.4 Å². The summed E-state index contributed by atoms with van der Waals surface area (Å²) in [5.74, 6) is 1.48. The Morgan fingerprint density at radius 1 is 1.16 bits per heavy atom. The van der Waals surface area contributed by atoms with E-state index in [9.17, 15) is 9.59 Å². The molecule has 0 saturated carbocycles. The van der Waals surface area contributed by atoms with Crippen LogP contribution in [0.5, 0.6) is 0 Å². The molecule has 2 fully saturated rings. The fourth-order valence-electron chi connectivity index (χ4n) is 3.85. The topological polar surface area (TPSA) is 77.5 Å².